The van der Waals surface area contributed by atoms with Gasteiger partial charge in [0.25, 0.3) is 0 Å². The lowest BCUT2D eigenvalue weighted by atomic mass is 10.2. The predicted octanol–water partition coefficient (Wildman–Crippen LogP) is 6.24. The summed E-state index contributed by atoms with van der Waals surface area (Å²) < 4.78 is 14.4. The van der Waals surface area contributed by atoms with Crippen molar-refractivity contribution in [1.29, 1.82) is 0 Å². The number of hydrogen-bond acceptors (Lipinski definition) is 4. The molecular weight excluding hydrogens is 576 g/mol. The lowest BCUT2D eigenvalue weighted by Gasteiger charge is -2.32. The van der Waals surface area contributed by atoms with E-state index in [0.29, 0.717) is 21.6 Å². The minimum absolute atomic E-state index is 0.0386. The van der Waals surface area contributed by atoms with Gasteiger partial charge in [-0.3, -0.25) is 14.5 Å². The summed E-state index contributed by atoms with van der Waals surface area (Å²) in [5, 5.41) is 3.21. The zero-order chi connectivity index (χ0) is 23.4. The lowest BCUT2D eigenvalue weighted by molar-refractivity contribution is -0.129. The average Bonchev–Trinajstić information content (AvgIpc) is 2.80. The number of benzene rings is 3. The number of anilines is 1. The Morgan fingerprint density at radius 2 is 1.76 bits per heavy atom. The molecule has 33 heavy (non-hydrogen) atoms. The molecule has 1 heterocycles. The van der Waals surface area contributed by atoms with E-state index >= 15 is 0 Å². The molecule has 0 aliphatic carbocycles. The molecule has 1 unspecified atom stereocenters. The van der Waals surface area contributed by atoms with Gasteiger partial charge < -0.3 is 5.32 Å². The second-order valence-electron chi connectivity index (χ2n) is 7.28. The van der Waals surface area contributed by atoms with Gasteiger partial charge in [0.2, 0.25) is 11.8 Å². The molecule has 9 heteroatoms. The van der Waals surface area contributed by atoms with Crippen LogP contribution in [0.4, 0.5) is 15.8 Å². The van der Waals surface area contributed by atoms with Crippen LogP contribution < -0.4 is 5.32 Å². The number of amidine groups is 1. The summed E-state index contributed by atoms with van der Waals surface area (Å²) in [6.07, 6.45) is 0.0386. The molecule has 1 saturated heterocycles. The largest absolute Gasteiger partial charge is 0.325 e. The van der Waals surface area contributed by atoms with E-state index in [4.69, 9.17) is 11.6 Å². The number of nitrogens with one attached hydrogen (secondary N) is 1. The van der Waals surface area contributed by atoms with Gasteiger partial charge in [0.05, 0.1) is 12.2 Å². The number of rotatable bonds is 5. The monoisotopic (exact) mass is 593 g/mol. The number of carbonyl (C=O) groups is 2. The highest BCUT2D eigenvalue weighted by molar-refractivity contribution is 14.1. The van der Waals surface area contributed by atoms with Crippen LogP contribution in [0.1, 0.15) is 12.0 Å². The Hall–Kier alpha value is -2.43. The van der Waals surface area contributed by atoms with E-state index in [1.165, 1.54) is 36.0 Å². The fraction of sp³-hybridized carbons (Fsp3) is 0.125. The number of halogens is 3. The first-order chi connectivity index (χ1) is 15.9. The van der Waals surface area contributed by atoms with E-state index in [2.05, 4.69) is 32.9 Å². The molecule has 1 atom stereocenters. The van der Waals surface area contributed by atoms with Gasteiger partial charge in [0, 0.05) is 20.7 Å². The Morgan fingerprint density at radius 3 is 2.42 bits per heavy atom. The Balaban J connectivity index is 1.59. The molecule has 1 N–H and O–H groups in total. The molecule has 1 aliphatic rings. The van der Waals surface area contributed by atoms with Gasteiger partial charge >= 0.3 is 0 Å². The normalized spacial score (nSPS) is 17.3. The van der Waals surface area contributed by atoms with Gasteiger partial charge in [0.15, 0.2) is 5.17 Å². The molecule has 5 nitrogen and oxygen atoms in total. The Kier molecular flexibility index (Phi) is 7.67. The van der Waals surface area contributed by atoms with Crippen LogP contribution in [-0.4, -0.2) is 27.1 Å². The first-order valence-electron chi connectivity index (χ1n) is 9.99. The smallest absolute Gasteiger partial charge is 0.238 e. The van der Waals surface area contributed by atoms with E-state index in [1.807, 2.05) is 36.4 Å². The van der Waals surface area contributed by atoms with Crippen LogP contribution in [0.5, 0.6) is 0 Å². The number of amides is 2. The van der Waals surface area contributed by atoms with Gasteiger partial charge in [-0.2, -0.15) is 0 Å². The van der Waals surface area contributed by atoms with Crippen molar-refractivity contribution in [3.63, 3.8) is 0 Å². The third kappa shape index (κ3) is 6.33. The van der Waals surface area contributed by atoms with Crippen LogP contribution in [0, 0.1) is 9.39 Å². The molecule has 1 aliphatic heterocycles. The molecule has 0 aromatic heterocycles. The maximum atomic E-state index is 13.3. The molecule has 0 bridgehead atoms. The number of aliphatic imine (C=N–C) groups is 1. The summed E-state index contributed by atoms with van der Waals surface area (Å²) >= 11 is 9.38. The van der Waals surface area contributed by atoms with Crippen molar-refractivity contribution in [3.8, 4) is 0 Å². The lowest BCUT2D eigenvalue weighted by Crippen LogP contribution is -2.44. The molecule has 3 aromatic rings. The fourth-order valence-electron chi connectivity index (χ4n) is 3.15. The summed E-state index contributed by atoms with van der Waals surface area (Å²) in [5.41, 5.74) is 2.03. The predicted molar refractivity (Wildman–Crippen MR) is 139 cm³/mol. The van der Waals surface area contributed by atoms with Crippen molar-refractivity contribution in [2.75, 3.05) is 5.32 Å². The van der Waals surface area contributed by atoms with Crippen molar-refractivity contribution < 1.29 is 14.0 Å². The van der Waals surface area contributed by atoms with Crippen molar-refractivity contribution in [3.05, 3.63) is 92.8 Å². The van der Waals surface area contributed by atoms with Crippen molar-refractivity contribution in [1.82, 2.24) is 4.90 Å². The number of thioether (sulfide) groups is 1. The molecule has 1 fully saturated rings. The van der Waals surface area contributed by atoms with Crippen LogP contribution in [0.25, 0.3) is 0 Å². The first kappa shape index (κ1) is 23.7. The molecule has 2 amide bonds. The minimum Gasteiger partial charge on any atom is -0.325 e. The van der Waals surface area contributed by atoms with Gasteiger partial charge in [-0.05, 0) is 88.8 Å². The van der Waals surface area contributed by atoms with E-state index in [9.17, 15) is 14.0 Å². The highest BCUT2D eigenvalue weighted by atomic mass is 127. The SMILES string of the molecule is O=C(Nc1ccc(I)cc1)C1CC(=O)N(Cc2ccc(Cl)cc2)C(=Nc2ccc(F)cc2)S1. The second kappa shape index (κ2) is 10.7. The van der Waals surface area contributed by atoms with Gasteiger partial charge in [0.1, 0.15) is 11.1 Å². The summed E-state index contributed by atoms with van der Waals surface area (Å²) in [4.78, 5) is 32.1. The maximum absolute atomic E-state index is 13.3. The van der Waals surface area contributed by atoms with Crippen molar-refractivity contribution in [2.24, 2.45) is 4.99 Å². The van der Waals surface area contributed by atoms with Crippen molar-refractivity contribution >= 4 is 74.3 Å². The molecule has 4 rings (SSSR count). The Labute approximate surface area is 213 Å². The standard InChI is InChI=1S/C24H18ClFIN3O2S/c25-16-3-1-15(2-4-16)14-30-22(31)13-21(23(32)28-19-11-7-18(27)8-12-19)33-24(30)29-20-9-5-17(26)6-10-20/h1-12,21H,13-14H2,(H,28,32). The molecule has 0 spiro atoms. The number of nitrogens with zero attached hydrogens (tertiary/aromatic N) is 2. The fourth-order valence-corrected chi connectivity index (χ4v) is 4.73. The number of carbonyl (C=O) groups excluding carboxylic acids is 2. The van der Waals surface area contributed by atoms with E-state index in [-0.39, 0.29) is 30.6 Å². The topological polar surface area (TPSA) is 61.8 Å². The van der Waals surface area contributed by atoms with Crippen LogP contribution in [-0.2, 0) is 16.1 Å². The Morgan fingerprint density at radius 1 is 1.09 bits per heavy atom. The van der Waals surface area contributed by atoms with E-state index in [1.54, 1.807) is 17.0 Å². The Bertz CT molecular complexity index is 1190. The van der Waals surface area contributed by atoms with E-state index < -0.39 is 5.25 Å². The van der Waals surface area contributed by atoms with Crippen LogP contribution in [0.3, 0.4) is 0 Å². The zero-order valence-electron chi connectivity index (χ0n) is 17.2. The molecule has 0 saturated carbocycles. The van der Waals surface area contributed by atoms with Gasteiger partial charge in [-0.1, -0.05) is 35.5 Å². The van der Waals surface area contributed by atoms with Crippen LogP contribution >= 0.6 is 46.0 Å². The van der Waals surface area contributed by atoms with E-state index in [0.717, 1.165) is 9.13 Å². The summed E-state index contributed by atoms with van der Waals surface area (Å²) in [7, 11) is 0. The highest BCUT2D eigenvalue weighted by Crippen LogP contribution is 2.31. The third-order valence-electron chi connectivity index (χ3n) is 4.85. The van der Waals surface area contributed by atoms with Gasteiger partial charge in [-0.15, -0.1) is 0 Å². The first-order valence-corrected chi connectivity index (χ1v) is 12.3. The molecule has 3 aromatic carbocycles. The van der Waals surface area contributed by atoms with Crippen LogP contribution in [0.2, 0.25) is 5.02 Å². The zero-order valence-corrected chi connectivity index (χ0v) is 20.9. The second-order valence-corrected chi connectivity index (χ2v) is 10.1. The quantitative estimate of drug-likeness (QED) is 0.356. The summed E-state index contributed by atoms with van der Waals surface area (Å²) in [6, 6.07) is 20.3. The summed E-state index contributed by atoms with van der Waals surface area (Å²) in [5.74, 6) is -0.862. The third-order valence-corrected chi connectivity index (χ3v) is 7.01. The van der Waals surface area contributed by atoms with Crippen molar-refractivity contribution in [2.45, 2.75) is 18.2 Å². The maximum Gasteiger partial charge on any atom is 0.238 e. The molecular formula is C24H18ClFIN3O2S. The molecule has 0 radical (unpaired) electrons. The summed E-state index contributed by atoms with van der Waals surface area (Å²) in [6.45, 7) is 0.286. The van der Waals surface area contributed by atoms with Gasteiger partial charge in [-0.25, -0.2) is 9.38 Å². The highest BCUT2D eigenvalue weighted by Gasteiger charge is 2.36. The average molecular weight is 594 g/mol. The van der Waals surface area contributed by atoms with Crippen LogP contribution in [0.15, 0.2) is 77.8 Å². The minimum atomic E-state index is -0.641. The molecule has 168 valence electrons. The number of hydrogen-bond donors (Lipinski definition) is 1.